The molecule has 0 amide bonds. The minimum atomic E-state index is 0.0448. The zero-order valence-corrected chi connectivity index (χ0v) is 20.8. The Morgan fingerprint density at radius 1 is 1.15 bits per heavy atom. The molecule has 4 heterocycles. The summed E-state index contributed by atoms with van der Waals surface area (Å²) in [5.74, 6) is 1.50. The van der Waals surface area contributed by atoms with Gasteiger partial charge in [0.1, 0.15) is 15.7 Å². The van der Waals surface area contributed by atoms with Gasteiger partial charge in [0.15, 0.2) is 0 Å². The molecule has 6 nitrogen and oxygen atoms in total. The Balaban J connectivity index is 1.15. The van der Waals surface area contributed by atoms with Crippen molar-refractivity contribution in [2.75, 3.05) is 26.2 Å². The van der Waals surface area contributed by atoms with Gasteiger partial charge in [0.05, 0.1) is 28.2 Å². The maximum Gasteiger partial charge on any atom is 0.259 e. The summed E-state index contributed by atoms with van der Waals surface area (Å²) >= 11 is 3.53. The van der Waals surface area contributed by atoms with Crippen molar-refractivity contribution < 1.29 is 0 Å². The number of fused-ring (bicyclic) bond motifs is 4. The molecule has 1 aliphatic carbocycles. The van der Waals surface area contributed by atoms with Crippen LogP contribution in [0.3, 0.4) is 0 Å². The monoisotopic (exact) mass is 479 g/mol. The fourth-order valence-corrected chi connectivity index (χ4v) is 7.62. The van der Waals surface area contributed by atoms with Crippen LogP contribution in [0.25, 0.3) is 20.4 Å². The summed E-state index contributed by atoms with van der Waals surface area (Å²) in [6, 6.07) is 8.46. The van der Waals surface area contributed by atoms with Crippen LogP contribution >= 0.6 is 22.7 Å². The SMILES string of the molecule is C[C@@H]1CCc2c(sc3nc([C@H](C)N4CCN(Cc5nc6ccccc6s5)CC4)[nH]c(=O)c23)C1. The number of piperazine rings is 1. The van der Waals surface area contributed by atoms with E-state index in [1.807, 2.05) is 6.07 Å². The van der Waals surface area contributed by atoms with Crippen molar-refractivity contribution >= 4 is 43.1 Å². The average Bonchev–Trinajstić information content (AvgIpc) is 3.39. The second kappa shape index (κ2) is 8.58. The van der Waals surface area contributed by atoms with E-state index in [4.69, 9.17) is 9.97 Å². The van der Waals surface area contributed by atoms with Crippen molar-refractivity contribution in [3.8, 4) is 0 Å². The molecular weight excluding hydrogens is 450 g/mol. The van der Waals surface area contributed by atoms with E-state index in [2.05, 4.69) is 46.8 Å². The third kappa shape index (κ3) is 4.03. The molecule has 3 aromatic heterocycles. The molecule has 1 saturated heterocycles. The van der Waals surface area contributed by atoms with Gasteiger partial charge in [-0.15, -0.1) is 22.7 Å². The molecule has 1 aliphatic heterocycles. The maximum atomic E-state index is 13.0. The van der Waals surface area contributed by atoms with E-state index in [0.717, 1.165) is 73.5 Å². The number of hydrogen-bond acceptors (Lipinski definition) is 7. The van der Waals surface area contributed by atoms with Crippen LogP contribution in [-0.4, -0.2) is 50.9 Å². The number of aromatic nitrogens is 3. The Hall–Kier alpha value is -2.13. The van der Waals surface area contributed by atoms with E-state index in [1.165, 1.54) is 20.1 Å². The number of thiophene rings is 1. The number of H-pyrrole nitrogens is 1. The van der Waals surface area contributed by atoms with Crippen molar-refractivity contribution in [3.05, 3.63) is 55.9 Å². The van der Waals surface area contributed by atoms with Gasteiger partial charge in [-0.2, -0.15) is 0 Å². The molecule has 4 aromatic rings. The number of para-hydroxylation sites is 1. The molecule has 2 aliphatic rings. The number of nitrogens with zero attached hydrogens (tertiary/aromatic N) is 4. The van der Waals surface area contributed by atoms with Crippen LogP contribution < -0.4 is 5.56 Å². The third-order valence-corrected chi connectivity index (χ3v) is 9.40. The average molecular weight is 480 g/mol. The van der Waals surface area contributed by atoms with Gasteiger partial charge in [0.25, 0.3) is 5.56 Å². The number of nitrogens with one attached hydrogen (secondary N) is 1. The van der Waals surface area contributed by atoms with Gasteiger partial charge in [-0.1, -0.05) is 19.1 Å². The first-order valence-corrected chi connectivity index (χ1v) is 13.5. The fourth-order valence-electron chi connectivity index (χ4n) is 5.22. The molecule has 1 N–H and O–H groups in total. The van der Waals surface area contributed by atoms with Gasteiger partial charge in [-0.05, 0) is 49.8 Å². The highest BCUT2D eigenvalue weighted by molar-refractivity contribution is 7.19. The number of hydrogen-bond donors (Lipinski definition) is 1. The molecule has 0 radical (unpaired) electrons. The minimum Gasteiger partial charge on any atom is -0.309 e. The predicted octanol–water partition coefficient (Wildman–Crippen LogP) is 4.60. The number of aryl methyl sites for hydroxylation is 1. The second-order valence-electron chi connectivity index (χ2n) is 9.55. The predicted molar refractivity (Wildman–Crippen MR) is 136 cm³/mol. The van der Waals surface area contributed by atoms with Gasteiger partial charge in [-0.3, -0.25) is 14.6 Å². The second-order valence-corrected chi connectivity index (χ2v) is 11.7. The summed E-state index contributed by atoms with van der Waals surface area (Å²) in [4.78, 5) is 33.1. The van der Waals surface area contributed by atoms with Gasteiger partial charge in [0.2, 0.25) is 0 Å². The Labute approximate surface area is 201 Å². The van der Waals surface area contributed by atoms with Crippen LogP contribution in [0.4, 0.5) is 0 Å². The molecule has 2 atom stereocenters. The highest BCUT2D eigenvalue weighted by Crippen LogP contribution is 2.36. The lowest BCUT2D eigenvalue weighted by Gasteiger charge is -2.37. The van der Waals surface area contributed by atoms with Crippen molar-refractivity contribution in [2.24, 2.45) is 5.92 Å². The van der Waals surface area contributed by atoms with Crippen LogP contribution in [0.5, 0.6) is 0 Å². The molecule has 0 unspecified atom stereocenters. The van der Waals surface area contributed by atoms with E-state index in [-0.39, 0.29) is 11.6 Å². The van der Waals surface area contributed by atoms with Crippen LogP contribution in [0, 0.1) is 5.92 Å². The van der Waals surface area contributed by atoms with E-state index < -0.39 is 0 Å². The lowest BCUT2D eigenvalue weighted by atomic mass is 9.89. The van der Waals surface area contributed by atoms with E-state index in [1.54, 1.807) is 22.7 Å². The summed E-state index contributed by atoms with van der Waals surface area (Å²) in [5.41, 5.74) is 2.40. The molecule has 1 fully saturated rings. The first-order valence-electron chi connectivity index (χ1n) is 11.9. The zero-order valence-electron chi connectivity index (χ0n) is 19.1. The van der Waals surface area contributed by atoms with Gasteiger partial charge in [-0.25, -0.2) is 9.97 Å². The first kappa shape index (κ1) is 21.4. The highest BCUT2D eigenvalue weighted by atomic mass is 32.1. The van der Waals surface area contributed by atoms with E-state index >= 15 is 0 Å². The minimum absolute atomic E-state index is 0.0448. The van der Waals surface area contributed by atoms with Crippen LogP contribution in [0.15, 0.2) is 29.1 Å². The van der Waals surface area contributed by atoms with Crippen molar-refractivity contribution in [1.82, 2.24) is 24.8 Å². The molecular formula is C25H29N5OS2. The van der Waals surface area contributed by atoms with Crippen LogP contribution in [-0.2, 0) is 19.4 Å². The summed E-state index contributed by atoms with van der Waals surface area (Å²) in [6.07, 6.45) is 3.25. The lowest BCUT2D eigenvalue weighted by molar-refractivity contribution is 0.0948. The third-order valence-electron chi connectivity index (χ3n) is 7.23. The molecule has 1 aromatic carbocycles. The fraction of sp³-hybridized carbons (Fsp3) is 0.480. The summed E-state index contributed by atoms with van der Waals surface area (Å²) in [5, 5.41) is 2.03. The Bertz CT molecular complexity index is 1330. The van der Waals surface area contributed by atoms with Gasteiger partial charge in [0, 0.05) is 31.1 Å². The molecule has 33 heavy (non-hydrogen) atoms. The Kier molecular flexibility index (Phi) is 5.57. The van der Waals surface area contributed by atoms with Crippen molar-refractivity contribution in [2.45, 2.75) is 45.7 Å². The molecule has 0 saturated carbocycles. The zero-order chi connectivity index (χ0) is 22.5. The summed E-state index contributed by atoms with van der Waals surface area (Å²) < 4.78 is 1.26. The normalized spacial score (nSPS) is 21.0. The van der Waals surface area contributed by atoms with Gasteiger partial charge < -0.3 is 4.98 Å². The lowest BCUT2D eigenvalue weighted by Crippen LogP contribution is -2.47. The molecule has 0 bridgehead atoms. The highest BCUT2D eigenvalue weighted by Gasteiger charge is 2.27. The first-order chi connectivity index (χ1) is 16.0. The van der Waals surface area contributed by atoms with Crippen molar-refractivity contribution in [1.29, 1.82) is 0 Å². The molecule has 0 spiro atoms. The molecule has 6 rings (SSSR count). The topological polar surface area (TPSA) is 65.1 Å². The van der Waals surface area contributed by atoms with Crippen molar-refractivity contribution in [3.63, 3.8) is 0 Å². The van der Waals surface area contributed by atoms with Crippen LogP contribution in [0.2, 0.25) is 0 Å². The standard InChI is InChI=1S/C25H29N5OS2/c1-15-7-8-17-20(13-15)33-25-22(17)24(31)27-23(28-25)16(2)30-11-9-29(10-12-30)14-21-26-18-5-3-4-6-19(18)32-21/h3-6,15-16H,7-14H2,1-2H3,(H,27,28,31)/t15-,16+/m1/s1. The Morgan fingerprint density at radius 3 is 2.79 bits per heavy atom. The number of rotatable bonds is 4. The largest absolute Gasteiger partial charge is 0.309 e. The van der Waals surface area contributed by atoms with Crippen LogP contribution in [0.1, 0.15) is 47.6 Å². The molecule has 172 valence electrons. The number of benzene rings is 1. The number of thiazole rings is 1. The maximum absolute atomic E-state index is 13.0. The molecule has 8 heteroatoms. The van der Waals surface area contributed by atoms with E-state index in [0.29, 0.717) is 5.92 Å². The van der Waals surface area contributed by atoms with E-state index in [9.17, 15) is 4.79 Å². The Morgan fingerprint density at radius 2 is 1.97 bits per heavy atom. The quantitative estimate of drug-likeness (QED) is 0.464. The number of aromatic amines is 1. The van der Waals surface area contributed by atoms with Gasteiger partial charge >= 0.3 is 0 Å². The summed E-state index contributed by atoms with van der Waals surface area (Å²) in [7, 11) is 0. The smallest absolute Gasteiger partial charge is 0.259 e. The summed E-state index contributed by atoms with van der Waals surface area (Å²) in [6.45, 7) is 9.30.